The topological polar surface area (TPSA) is 66.6 Å². The molecule has 0 bridgehead atoms. The molecule has 4 heteroatoms. The fourth-order valence-electron chi connectivity index (χ4n) is 1.87. The van der Waals surface area contributed by atoms with E-state index in [9.17, 15) is 4.79 Å². The fourth-order valence-corrected chi connectivity index (χ4v) is 1.87. The van der Waals surface area contributed by atoms with Crippen LogP contribution in [0.1, 0.15) is 15.9 Å². The third-order valence-electron chi connectivity index (χ3n) is 2.91. The molecular formula is C12H16N2O2. The number of rotatable bonds is 3. The zero-order valence-electron chi connectivity index (χ0n) is 9.10. The van der Waals surface area contributed by atoms with Crippen LogP contribution < -0.4 is 5.73 Å². The van der Waals surface area contributed by atoms with Crippen LogP contribution >= 0.6 is 0 Å². The van der Waals surface area contributed by atoms with Crippen LogP contribution in [0, 0.1) is 5.92 Å². The number of aliphatic hydroxyl groups is 1. The Morgan fingerprint density at radius 2 is 2.25 bits per heavy atom. The number of nitrogens with two attached hydrogens (primary N) is 1. The Morgan fingerprint density at radius 3 is 2.88 bits per heavy atom. The van der Waals surface area contributed by atoms with Crippen molar-refractivity contribution < 1.29 is 9.90 Å². The van der Waals surface area contributed by atoms with Crippen molar-refractivity contribution in [3.8, 4) is 0 Å². The zero-order chi connectivity index (χ0) is 11.5. The smallest absolute Gasteiger partial charge is 0.253 e. The van der Waals surface area contributed by atoms with Crippen molar-refractivity contribution in [3.63, 3.8) is 0 Å². The first-order valence-corrected chi connectivity index (χ1v) is 5.43. The Hall–Kier alpha value is -1.39. The molecule has 0 unspecified atom stereocenters. The summed E-state index contributed by atoms with van der Waals surface area (Å²) in [7, 11) is 0. The molecule has 0 aliphatic carbocycles. The van der Waals surface area contributed by atoms with Crippen LogP contribution in [-0.4, -0.2) is 35.6 Å². The summed E-state index contributed by atoms with van der Waals surface area (Å²) in [6.45, 7) is 1.91. The second kappa shape index (κ2) is 4.63. The van der Waals surface area contributed by atoms with Gasteiger partial charge in [-0.05, 0) is 17.7 Å². The Balaban J connectivity index is 2.04. The van der Waals surface area contributed by atoms with Crippen molar-refractivity contribution in [1.82, 2.24) is 4.90 Å². The average Bonchev–Trinajstić information content (AvgIpc) is 2.27. The van der Waals surface area contributed by atoms with Crippen LogP contribution in [0.25, 0.3) is 0 Å². The Labute approximate surface area is 94.7 Å². The SMILES string of the molecule is NCc1cccc(C(=O)N2CC(CO)C2)c1. The van der Waals surface area contributed by atoms with E-state index in [0.29, 0.717) is 25.2 Å². The van der Waals surface area contributed by atoms with E-state index in [1.54, 1.807) is 11.0 Å². The zero-order valence-corrected chi connectivity index (χ0v) is 9.10. The Bertz CT molecular complexity index is 386. The van der Waals surface area contributed by atoms with E-state index >= 15 is 0 Å². The number of nitrogens with zero attached hydrogens (tertiary/aromatic N) is 1. The summed E-state index contributed by atoms with van der Waals surface area (Å²) in [6, 6.07) is 7.38. The van der Waals surface area contributed by atoms with E-state index in [2.05, 4.69) is 0 Å². The lowest BCUT2D eigenvalue weighted by Crippen LogP contribution is -2.51. The molecule has 1 saturated heterocycles. The summed E-state index contributed by atoms with van der Waals surface area (Å²) in [6.07, 6.45) is 0. The molecule has 86 valence electrons. The van der Waals surface area contributed by atoms with Gasteiger partial charge in [0.15, 0.2) is 0 Å². The lowest BCUT2D eigenvalue weighted by Gasteiger charge is -2.38. The molecule has 1 fully saturated rings. The molecule has 1 aromatic rings. The number of hydrogen-bond acceptors (Lipinski definition) is 3. The maximum atomic E-state index is 12.0. The second-order valence-corrected chi connectivity index (χ2v) is 4.16. The quantitative estimate of drug-likeness (QED) is 0.765. The number of hydrogen-bond donors (Lipinski definition) is 2. The highest BCUT2D eigenvalue weighted by Gasteiger charge is 2.30. The molecule has 1 aliphatic rings. The number of likely N-dealkylation sites (tertiary alicyclic amines) is 1. The number of carbonyl (C=O) groups excluding carboxylic acids is 1. The number of amides is 1. The van der Waals surface area contributed by atoms with E-state index in [-0.39, 0.29) is 18.4 Å². The van der Waals surface area contributed by atoms with Crippen LogP contribution in [0.15, 0.2) is 24.3 Å². The predicted molar refractivity (Wildman–Crippen MR) is 60.8 cm³/mol. The first kappa shape index (κ1) is 11.1. The van der Waals surface area contributed by atoms with E-state index in [1.165, 1.54) is 0 Å². The van der Waals surface area contributed by atoms with Crippen molar-refractivity contribution in [2.45, 2.75) is 6.54 Å². The average molecular weight is 220 g/mol. The third kappa shape index (κ3) is 2.08. The van der Waals surface area contributed by atoms with Gasteiger partial charge in [0.1, 0.15) is 0 Å². The minimum atomic E-state index is 0.0278. The maximum Gasteiger partial charge on any atom is 0.253 e. The van der Waals surface area contributed by atoms with Gasteiger partial charge in [0, 0.05) is 37.7 Å². The van der Waals surface area contributed by atoms with Gasteiger partial charge in [-0.25, -0.2) is 0 Å². The number of aliphatic hydroxyl groups excluding tert-OH is 1. The molecule has 4 nitrogen and oxygen atoms in total. The highest BCUT2D eigenvalue weighted by Crippen LogP contribution is 2.18. The van der Waals surface area contributed by atoms with Crippen molar-refractivity contribution in [2.24, 2.45) is 11.7 Å². The lowest BCUT2D eigenvalue weighted by atomic mass is 9.99. The summed E-state index contributed by atoms with van der Waals surface area (Å²) in [5.74, 6) is 0.279. The van der Waals surface area contributed by atoms with Gasteiger partial charge in [-0.3, -0.25) is 4.79 Å². The Kier molecular flexibility index (Phi) is 3.22. The van der Waals surface area contributed by atoms with Crippen molar-refractivity contribution in [3.05, 3.63) is 35.4 Å². The minimum Gasteiger partial charge on any atom is -0.396 e. The Morgan fingerprint density at radius 1 is 1.50 bits per heavy atom. The molecule has 2 rings (SSSR count). The molecule has 1 heterocycles. The third-order valence-corrected chi connectivity index (χ3v) is 2.91. The van der Waals surface area contributed by atoms with Crippen molar-refractivity contribution >= 4 is 5.91 Å². The van der Waals surface area contributed by atoms with E-state index in [1.807, 2.05) is 18.2 Å². The fraction of sp³-hybridized carbons (Fsp3) is 0.417. The van der Waals surface area contributed by atoms with Crippen molar-refractivity contribution in [1.29, 1.82) is 0 Å². The maximum absolute atomic E-state index is 12.0. The summed E-state index contributed by atoms with van der Waals surface area (Å²) in [5, 5.41) is 8.88. The lowest BCUT2D eigenvalue weighted by molar-refractivity contribution is 0.0362. The number of carbonyl (C=O) groups is 1. The normalized spacial score (nSPS) is 16.0. The van der Waals surface area contributed by atoms with Gasteiger partial charge in [-0.1, -0.05) is 12.1 Å². The first-order chi connectivity index (χ1) is 7.74. The van der Waals surface area contributed by atoms with Gasteiger partial charge in [-0.2, -0.15) is 0 Å². The number of benzene rings is 1. The van der Waals surface area contributed by atoms with Gasteiger partial charge < -0.3 is 15.7 Å². The predicted octanol–water partition coefficient (Wildman–Crippen LogP) is 0.210. The summed E-state index contributed by atoms with van der Waals surface area (Å²) in [4.78, 5) is 13.7. The highest BCUT2D eigenvalue weighted by atomic mass is 16.3. The van der Waals surface area contributed by atoms with Gasteiger partial charge in [-0.15, -0.1) is 0 Å². The molecule has 0 spiro atoms. The molecule has 0 saturated carbocycles. The van der Waals surface area contributed by atoms with Crippen LogP contribution in [-0.2, 0) is 6.54 Å². The van der Waals surface area contributed by atoms with Crippen LogP contribution in [0.5, 0.6) is 0 Å². The standard InChI is InChI=1S/C12H16N2O2/c13-5-9-2-1-3-11(4-9)12(16)14-6-10(7-14)8-15/h1-4,10,15H,5-8,13H2. The van der Waals surface area contributed by atoms with E-state index in [4.69, 9.17) is 10.8 Å². The van der Waals surface area contributed by atoms with Crippen LogP contribution in [0.3, 0.4) is 0 Å². The monoisotopic (exact) mass is 220 g/mol. The second-order valence-electron chi connectivity index (χ2n) is 4.16. The van der Waals surface area contributed by atoms with E-state index in [0.717, 1.165) is 5.56 Å². The first-order valence-electron chi connectivity index (χ1n) is 5.43. The molecule has 0 aromatic heterocycles. The van der Waals surface area contributed by atoms with Crippen molar-refractivity contribution in [2.75, 3.05) is 19.7 Å². The molecule has 0 atom stereocenters. The largest absolute Gasteiger partial charge is 0.396 e. The molecule has 1 amide bonds. The molecule has 1 aliphatic heterocycles. The van der Waals surface area contributed by atoms with Crippen LogP contribution in [0.4, 0.5) is 0 Å². The van der Waals surface area contributed by atoms with E-state index < -0.39 is 0 Å². The molecular weight excluding hydrogens is 204 g/mol. The molecule has 0 radical (unpaired) electrons. The van der Waals surface area contributed by atoms with Gasteiger partial charge in [0.05, 0.1) is 0 Å². The minimum absolute atomic E-state index is 0.0278. The van der Waals surface area contributed by atoms with Crippen LogP contribution in [0.2, 0.25) is 0 Å². The van der Waals surface area contributed by atoms with Gasteiger partial charge in [0.25, 0.3) is 5.91 Å². The van der Waals surface area contributed by atoms with Gasteiger partial charge >= 0.3 is 0 Å². The molecule has 16 heavy (non-hydrogen) atoms. The summed E-state index contributed by atoms with van der Waals surface area (Å²) < 4.78 is 0. The highest BCUT2D eigenvalue weighted by molar-refractivity contribution is 5.94. The summed E-state index contributed by atoms with van der Waals surface area (Å²) >= 11 is 0. The molecule has 1 aromatic carbocycles. The summed E-state index contributed by atoms with van der Waals surface area (Å²) in [5.41, 5.74) is 7.17. The molecule has 3 N–H and O–H groups in total. The van der Waals surface area contributed by atoms with Gasteiger partial charge in [0.2, 0.25) is 0 Å².